The molecule has 6 rings (SSSR count). The number of hydrogen-bond donors (Lipinski definition) is 6. The molecule has 5 aliphatic rings. The maximum atomic E-state index is 13.3. The molecule has 6 N–H and O–H groups in total. The molecule has 1 spiro atoms. The van der Waals surface area contributed by atoms with Crippen LogP contribution in [0, 0.1) is 40.4 Å². The van der Waals surface area contributed by atoms with Gasteiger partial charge in [-0.05, 0) is 104 Å². The number of phenols is 1. The van der Waals surface area contributed by atoms with E-state index in [-0.39, 0.29) is 61.6 Å². The summed E-state index contributed by atoms with van der Waals surface area (Å²) < 4.78 is 102. The number of amides is 1. The van der Waals surface area contributed by atoms with Crippen LogP contribution in [-0.4, -0.2) is 121 Å². The number of hydrogen-bond acceptors (Lipinski definition) is 16. The van der Waals surface area contributed by atoms with Crippen molar-refractivity contribution in [3.63, 3.8) is 0 Å². The molecule has 1 aliphatic heterocycles. The van der Waals surface area contributed by atoms with Crippen molar-refractivity contribution in [2.45, 2.75) is 134 Å². The van der Waals surface area contributed by atoms with Gasteiger partial charge in [0.25, 0.3) is 0 Å². The molecule has 1 aromatic rings. The van der Waals surface area contributed by atoms with Gasteiger partial charge in [0.05, 0.1) is 24.5 Å². The number of carboxylic acids is 1. The number of fused-ring (bicyclic) bond motifs is 3. The van der Waals surface area contributed by atoms with Gasteiger partial charge in [-0.3, -0.25) is 28.3 Å². The van der Waals surface area contributed by atoms with Crippen molar-refractivity contribution in [2.75, 3.05) is 13.2 Å². The minimum Gasteiger partial charge on any atom is -0.508 e. The highest BCUT2D eigenvalue weighted by Gasteiger charge is 2.67. The molecule has 22 heteroatoms. The number of benzene rings is 1. The van der Waals surface area contributed by atoms with Gasteiger partial charge >= 0.3 is 38.7 Å². The van der Waals surface area contributed by atoms with E-state index < -0.39 is 117 Å². The third-order valence-corrected chi connectivity index (χ3v) is 14.9. The van der Waals surface area contributed by atoms with E-state index >= 15 is 0 Å². The number of phenolic OH excluding ortho intramolecular Hbond substituents is 1. The number of carbonyl (C=O) groups excluding carboxylic acids is 3. The molecule has 2 bridgehead atoms. The molecule has 13 atom stereocenters. The lowest BCUT2D eigenvalue weighted by Gasteiger charge is -2.62. The Labute approximate surface area is 372 Å². The number of carbonyl (C=O) groups is 4. The van der Waals surface area contributed by atoms with Crippen molar-refractivity contribution in [2.24, 2.45) is 40.4 Å². The van der Waals surface area contributed by atoms with E-state index in [1.54, 1.807) is 26.0 Å². The molecule has 0 aromatic heterocycles. The zero-order valence-corrected chi connectivity index (χ0v) is 37.5. The van der Waals surface area contributed by atoms with E-state index in [9.17, 15) is 60.4 Å². The van der Waals surface area contributed by atoms with Gasteiger partial charge in [-0.25, -0.2) is 8.37 Å². The van der Waals surface area contributed by atoms with Crippen LogP contribution in [0.4, 0.5) is 0 Å². The number of rotatable bonds is 18. The molecule has 5 fully saturated rings. The lowest BCUT2D eigenvalue weighted by Crippen LogP contribution is -2.64. The smallest absolute Gasteiger partial charge is 0.397 e. The molecule has 64 heavy (non-hydrogen) atoms. The molecule has 1 saturated heterocycles. The van der Waals surface area contributed by atoms with Gasteiger partial charge in [-0.2, -0.15) is 16.8 Å². The summed E-state index contributed by atoms with van der Waals surface area (Å²) >= 11 is 0. The van der Waals surface area contributed by atoms with Crippen molar-refractivity contribution in [1.29, 1.82) is 0 Å². The van der Waals surface area contributed by atoms with Crippen molar-refractivity contribution in [3.8, 4) is 5.75 Å². The fraction of sp³-hybridized carbons (Fsp3) is 0.714. The van der Waals surface area contributed by atoms with Crippen LogP contribution in [0.5, 0.6) is 5.75 Å². The first-order valence-electron chi connectivity index (χ1n) is 21.5. The Morgan fingerprint density at radius 3 is 2.25 bits per heavy atom. The molecule has 1 heterocycles. The number of ether oxygens (including phenoxy) is 4. The summed E-state index contributed by atoms with van der Waals surface area (Å²) in [7, 11) is -11.1. The van der Waals surface area contributed by atoms with Crippen LogP contribution in [0.2, 0.25) is 0 Å². The second-order valence-corrected chi connectivity index (χ2v) is 20.7. The summed E-state index contributed by atoms with van der Waals surface area (Å²) in [5.74, 6) is -5.15. The van der Waals surface area contributed by atoms with E-state index in [0.29, 0.717) is 32.1 Å². The SMILES string of the molecule is C=C1[C@@H]2CC[C@H]3[C@]4(C)C[C@H](O[C@@H]5O[C@H](COC(=O)CCC(=O)NCCc6ccc(O)cc6)[C@@H](OS(=O)(=O)O)[C@H](OS(=O)(=O)O)[C@H]5OC(=O)CC(C)C)C[C@@H](C(=O)O)[C@H]4CC[C@]3(C2)[C@@H]1O. The topological polar surface area (TPSA) is 305 Å². The van der Waals surface area contributed by atoms with Gasteiger partial charge in [-0.15, -0.1) is 0 Å². The Bertz CT molecular complexity index is 2130. The van der Waals surface area contributed by atoms with Crippen molar-refractivity contribution in [3.05, 3.63) is 42.0 Å². The molecule has 0 unspecified atom stereocenters. The predicted octanol–water partition coefficient (Wildman–Crippen LogP) is 3.06. The molecule has 4 aliphatic carbocycles. The third-order valence-electron chi connectivity index (χ3n) is 14.0. The number of aromatic hydroxyl groups is 1. The van der Waals surface area contributed by atoms with Gasteiger partial charge in [0.2, 0.25) is 5.91 Å². The Balaban J connectivity index is 1.26. The second kappa shape index (κ2) is 19.6. The molecule has 1 amide bonds. The van der Waals surface area contributed by atoms with Crippen LogP contribution in [0.25, 0.3) is 0 Å². The monoisotopic (exact) mass is 945 g/mol. The third kappa shape index (κ3) is 11.4. The average molecular weight is 946 g/mol. The fourth-order valence-electron chi connectivity index (χ4n) is 11.4. The zero-order valence-electron chi connectivity index (χ0n) is 35.9. The standard InChI is InChI=1S/C42H59NO19S2/c1-22(2)17-34(47)60-37-36(62-64(54,55)56)35(61-63(51,52)53)30(21-57-33(46)12-11-32(45)43-16-14-24-5-8-26(44)9-6-24)59-40(37)58-27-18-28(39(49)50)29-13-15-42-19-25(23(3)38(42)48)7-10-31(42)41(29,4)20-27/h5-6,8-9,22,25,27-31,35-38,40,44,48H,3,7,10-21H2,1-2,4H3,(H,43,45)(H,49,50)(H,51,52,53)(H,54,55,56)/t25-,27-,28-,29-,30-,31+,35-,36+,37-,38-,40-,41-,42-/m1/s1. The van der Waals surface area contributed by atoms with E-state index in [1.165, 1.54) is 12.1 Å². The van der Waals surface area contributed by atoms with E-state index in [1.807, 2.05) is 6.92 Å². The van der Waals surface area contributed by atoms with Crippen LogP contribution in [0.15, 0.2) is 36.4 Å². The molecule has 358 valence electrons. The average Bonchev–Trinajstić information content (AvgIpc) is 3.36. The molecule has 20 nitrogen and oxygen atoms in total. The van der Waals surface area contributed by atoms with Gasteiger partial charge in [0, 0.05) is 24.8 Å². The maximum absolute atomic E-state index is 13.3. The fourth-order valence-corrected chi connectivity index (χ4v) is 12.4. The summed E-state index contributed by atoms with van der Waals surface area (Å²) in [4.78, 5) is 51.8. The summed E-state index contributed by atoms with van der Waals surface area (Å²) in [6, 6.07) is 6.34. The number of esters is 2. The first kappa shape index (κ1) is 49.7. The van der Waals surface area contributed by atoms with Gasteiger partial charge in [-0.1, -0.05) is 39.5 Å². The van der Waals surface area contributed by atoms with Gasteiger partial charge in [0.15, 0.2) is 18.5 Å². The highest BCUT2D eigenvalue weighted by molar-refractivity contribution is 7.81. The lowest BCUT2D eigenvalue weighted by atomic mass is 9.43. The summed E-state index contributed by atoms with van der Waals surface area (Å²) in [5.41, 5.74) is 0.321. The summed E-state index contributed by atoms with van der Waals surface area (Å²) in [6.45, 7) is 8.76. The Morgan fingerprint density at radius 1 is 0.938 bits per heavy atom. The van der Waals surface area contributed by atoms with Crippen LogP contribution in [-0.2, 0) is 73.7 Å². The van der Waals surface area contributed by atoms with Gasteiger partial charge in [0.1, 0.15) is 24.6 Å². The molecular formula is C42H59NO19S2. The van der Waals surface area contributed by atoms with Crippen LogP contribution in [0.3, 0.4) is 0 Å². The molecule has 1 aromatic carbocycles. The normalized spacial score (nSPS) is 34.9. The van der Waals surface area contributed by atoms with Crippen LogP contribution >= 0.6 is 0 Å². The first-order chi connectivity index (χ1) is 29.9. The summed E-state index contributed by atoms with van der Waals surface area (Å²) in [5, 5.41) is 34.3. The van der Waals surface area contributed by atoms with E-state index in [4.69, 9.17) is 27.3 Å². The Hall–Kier alpha value is -3.74. The minimum atomic E-state index is -5.57. The predicted molar refractivity (Wildman–Crippen MR) is 220 cm³/mol. The number of aliphatic hydroxyl groups excluding tert-OH is 1. The van der Waals surface area contributed by atoms with Crippen LogP contribution in [0.1, 0.15) is 90.5 Å². The van der Waals surface area contributed by atoms with E-state index in [0.717, 1.165) is 17.6 Å². The quantitative estimate of drug-likeness (QED) is 0.0533. The Kier molecular flexibility index (Phi) is 15.2. The molecular weight excluding hydrogens is 887 g/mol. The van der Waals surface area contributed by atoms with Crippen molar-refractivity contribution < 1.29 is 87.8 Å². The van der Waals surface area contributed by atoms with Crippen molar-refractivity contribution in [1.82, 2.24) is 5.32 Å². The van der Waals surface area contributed by atoms with Crippen molar-refractivity contribution >= 4 is 44.6 Å². The highest BCUT2D eigenvalue weighted by Crippen LogP contribution is 2.70. The Morgan fingerprint density at radius 2 is 1.61 bits per heavy atom. The zero-order chi connectivity index (χ0) is 46.9. The molecule has 0 radical (unpaired) electrons. The first-order valence-corrected chi connectivity index (χ1v) is 24.2. The molecule has 4 saturated carbocycles. The number of aliphatic hydroxyl groups is 1. The van der Waals surface area contributed by atoms with E-state index in [2.05, 4.69) is 11.9 Å². The summed E-state index contributed by atoms with van der Waals surface area (Å²) in [6.07, 6.45) is -9.67. The largest absolute Gasteiger partial charge is 0.508 e. The van der Waals surface area contributed by atoms with Crippen LogP contribution < -0.4 is 5.32 Å². The highest BCUT2D eigenvalue weighted by atomic mass is 32.3. The minimum absolute atomic E-state index is 0.0814. The number of carboxylic acid groups (broad SMARTS) is 1. The van der Waals surface area contributed by atoms with Gasteiger partial charge < -0.3 is 39.6 Å². The lowest BCUT2D eigenvalue weighted by molar-refractivity contribution is -0.316. The number of aliphatic carboxylic acids is 1. The second-order valence-electron chi connectivity index (χ2n) is 18.6. The maximum Gasteiger partial charge on any atom is 0.397 e. The number of nitrogens with one attached hydrogen (secondary N) is 1.